The molecule has 0 bridgehead atoms. The molecule has 4 aromatic rings. The highest BCUT2D eigenvalue weighted by molar-refractivity contribution is 7.23. The molecule has 0 spiro atoms. The summed E-state index contributed by atoms with van der Waals surface area (Å²) in [6.45, 7) is 8.24. The fraction of sp³-hybridized carbons (Fsp3) is 0.360. The third-order valence-electron chi connectivity index (χ3n) is 6.44. The van der Waals surface area contributed by atoms with E-state index < -0.39 is 11.6 Å². The molecule has 1 saturated heterocycles. The third kappa shape index (κ3) is 3.58. The summed E-state index contributed by atoms with van der Waals surface area (Å²) >= 11 is 0.955. The van der Waals surface area contributed by atoms with Crippen molar-refractivity contribution in [2.24, 2.45) is 5.92 Å². The summed E-state index contributed by atoms with van der Waals surface area (Å²) in [6, 6.07) is 2.02. The van der Waals surface area contributed by atoms with E-state index >= 15 is 4.39 Å². The highest BCUT2D eigenvalue weighted by Gasteiger charge is 2.30. The van der Waals surface area contributed by atoms with Crippen LogP contribution in [0.2, 0.25) is 0 Å². The number of nitrogens with two attached hydrogens (primary N) is 1. The molecular weight excluding hydrogens is 470 g/mol. The first-order valence-corrected chi connectivity index (χ1v) is 12.4. The van der Waals surface area contributed by atoms with Gasteiger partial charge in [-0.15, -0.1) is 11.3 Å². The average Bonchev–Trinajstić information content (AvgIpc) is 3.60. The Morgan fingerprint density at radius 2 is 1.97 bits per heavy atom. The van der Waals surface area contributed by atoms with Gasteiger partial charge in [-0.05, 0) is 23.5 Å². The van der Waals surface area contributed by atoms with Crippen LogP contribution in [0.15, 0.2) is 12.4 Å². The fourth-order valence-electron chi connectivity index (χ4n) is 4.81. The van der Waals surface area contributed by atoms with Gasteiger partial charge in [0.2, 0.25) is 5.95 Å². The molecule has 7 nitrogen and oxygen atoms in total. The first-order chi connectivity index (χ1) is 17.0. The second kappa shape index (κ2) is 8.98. The molecule has 1 fully saturated rings. The molecule has 1 unspecified atom stereocenters. The molecule has 3 aromatic heterocycles. The van der Waals surface area contributed by atoms with Gasteiger partial charge in [0.25, 0.3) is 0 Å². The smallest absolute Gasteiger partial charge is 0.225 e. The first kappa shape index (κ1) is 23.3. The highest BCUT2D eigenvalue weighted by atomic mass is 32.1. The molecule has 2 aliphatic rings. The van der Waals surface area contributed by atoms with Crippen molar-refractivity contribution in [2.45, 2.75) is 40.4 Å². The number of rotatable bonds is 2. The van der Waals surface area contributed by atoms with Crippen LogP contribution in [0.25, 0.3) is 32.2 Å². The maximum Gasteiger partial charge on any atom is 0.225 e. The molecule has 2 N–H and O–H groups in total. The van der Waals surface area contributed by atoms with Crippen molar-refractivity contribution in [3.05, 3.63) is 40.7 Å². The van der Waals surface area contributed by atoms with E-state index in [2.05, 4.69) is 26.8 Å². The third-order valence-corrected chi connectivity index (χ3v) is 7.47. The largest absolute Gasteiger partial charge is 0.389 e. The van der Waals surface area contributed by atoms with Crippen LogP contribution in [0.1, 0.15) is 43.9 Å². The maximum atomic E-state index is 16.2. The summed E-state index contributed by atoms with van der Waals surface area (Å²) in [6.07, 6.45) is 3.72. The van der Waals surface area contributed by atoms with Crippen LogP contribution in [0.4, 0.5) is 19.7 Å². The number of benzene rings is 1. The zero-order chi connectivity index (χ0) is 24.9. The second-order valence-electron chi connectivity index (χ2n) is 8.52. The standard InChI is InChI=1S/C23H18F2N6OS.C2H6/c1-10-2-3-31(7-10)23-29-5-12-13-8-32-9-14(13)16(18(25)19(12)30-23)20-17-11(4-26)22(27)33-21(17)15(24)6-28-20;1-2/h5-6,10H,2-3,7-9,27H2,1H3;1-2H3. The molecule has 1 aromatic carbocycles. The number of hydrogen-bond donors (Lipinski definition) is 1. The van der Waals surface area contributed by atoms with Gasteiger partial charge in [0.1, 0.15) is 16.6 Å². The number of aromatic nitrogens is 3. The summed E-state index contributed by atoms with van der Waals surface area (Å²) < 4.78 is 36.6. The summed E-state index contributed by atoms with van der Waals surface area (Å²) in [7, 11) is 0. The molecule has 1 atom stereocenters. The first-order valence-electron chi connectivity index (χ1n) is 11.6. The number of pyridine rings is 1. The topological polar surface area (TPSA) is 101 Å². The summed E-state index contributed by atoms with van der Waals surface area (Å²) in [5, 5.41) is 10.6. The lowest BCUT2D eigenvalue weighted by Crippen LogP contribution is -2.21. The SMILES string of the molecule is CC.CC1CCN(c2ncc3c4c(c(-c5ncc(F)c6sc(N)c(C#N)c56)c(F)c3n2)COC4)C1. The van der Waals surface area contributed by atoms with Crippen LogP contribution < -0.4 is 10.6 Å². The van der Waals surface area contributed by atoms with E-state index in [0.717, 1.165) is 42.6 Å². The van der Waals surface area contributed by atoms with Crippen LogP contribution in [0, 0.1) is 28.9 Å². The Labute approximate surface area is 205 Å². The van der Waals surface area contributed by atoms with E-state index in [1.54, 1.807) is 6.20 Å². The molecule has 6 rings (SSSR count). The van der Waals surface area contributed by atoms with E-state index in [-0.39, 0.29) is 50.6 Å². The molecule has 2 aliphatic heterocycles. The van der Waals surface area contributed by atoms with Gasteiger partial charge in [-0.25, -0.2) is 18.7 Å². The molecule has 0 aliphatic carbocycles. The number of anilines is 2. The average molecular weight is 495 g/mol. The maximum absolute atomic E-state index is 16.2. The van der Waals surface area contributed by atoms with E-state index in [1.807, 2.05) is 19.9 Å². The molecule has 10 heteroatoms. The number of nitrogens with zero attached hydrogens (tertiary/aromatic N) is 5. The van der Waals surface area contributed by atoms with Crippen LogP contribution >= 0.6 is 11.3 Å². The minimum Gasteiger partial charge on any atom is -0.389 e. The molecule has 0 amide bonds. The highest BCUT2D eigenvalue weighted by Crippen LogP contribution is 2.45. The normalized spacial score (nSPS) is 16.9. The Bertz CT molecular complexity index is 1510. The van der Waals surface area contributed by atoms with E-state index in [4.69, 9.17) is 10.5 Å². The molecule has 5 heterocycles. The lowest BCUT2D eigenvalue weighted by atomic mass is 9.94. The Morgan fingerprint density at radius 1 is 1.20 bits per heavy atom. The van der Waals surface area contributed by atoms with Gasteiger partial charge < -0.3 is 15.4 Å². The summed E-state index contributed by atoms with van der Waals surface area (Å²) in [5.41, 5.74) is 7.98. The Morgan fingerprint density at radius 3 is 2.69 bits per heavy atom. The van der Waals surface area contributed by atoms with Crippen LogP contribution in [0.5, 0.6) is 0 Å². The summed E-state index contributed by atoms with van der Waals surface area (Å²) in [4.78, 5) is 15.4. The Balaban J connectivity index is 0.00000124. The monoisotopic (exact) mass is 494 g/mol. The molecule has 35 heavy (non-hydrogen) atoms. The quantitative estimate of drug-likeness (QED) is 0.390. The number of thiophene rings is 1. The molecule has 180 valence electrons. The van der Waals surface area contributed by atoms with Crippen molar-refractivity contribution >= 4 is 43.3 Å². The van der Waals surface area contributed by atoms with Crippen LogP contribution in [0.3, 0.4) is 0 Å². The van der Waals surface area contributed by atoms with Crippen molar-refractivity contribution in [3.63, 3.8) is 0 Å². The zero-order valence-electron chi connectivity index (χ0n) is 19.7. The number of nitriles is 1. The van der Waals surface area contributed by atoms with Crippen molar-refractivity contribution < 1.29 is 13.5 Å². The van der Waals surface area contributed by atoms with Gasteiger partial charge in [0.15, 0.2) is 11.6 Å². The van der Waals surface area contributed by atoms with E-state index in [9.17, 15) is 9.65 Å². The van der Waals surface area contributed by atoms with Crippen LogP contribution in [-0.4, -0.2) is 28.0 Å². The predicted molar refractivity (Wildman–Crippen MR) is 133 cm³/mol. The molecule has 0 radical (unpaired) electrons. The number of fused-ring (bicyclic) bond motifs is 4. The van der Waals surface area contributed by atoms with Gasteiger partial charge in [-0.1, -0.05) is 20.8 Å². The van der Waals surface area contributed by atoms with Crippen molar-refractivity contribution in [2.75, 3.05) is 23.7 Å². The molecular formula is C25H24F2N6OS. The minimum absolute atomic E-state index is 0.0959. The number of hydrogen-bond acceptors (Lipinski definition) is 8. The van der Waals surface area contributed by atoms with Crippen molar-refractivity contribution in [1.29, 1.82) is 5.26 Å². The van der Waals surface area contributed by atoms with Gasteiger partial charge in [-0.2, -0.15) is 5.26 Å². The zero-order valence-corrected chi connectivity index (χ0v) is 20.5. The Hall–Kier alpha value is -3.42. The minimum atomic E-state index is -0.603. The second-order valence-corrected chi connectivity index (χ2v) is 9.58. The fourth-order valence-corrected chi connectivity index (χ4v) is 5.73. The van der Waals surface area contributed by atoms with E-state index in [1.165, 1.54) is 0 Å². The predicted octanol–water partition coefficient (Wildman–Crippen LogP) is 5.54. The lowest BCUT2D eigenvalue weighted by molar-refractivity contribution is 0.135. The van der Waals surface area contributed by atoms with Crippen molar-refractivity contribution in [3.8, 4) is 17.3 Å². The number of nitrogen functional groups attached to an aromatic ring is 1. The van der Waals surface area contributed by atoms with Crippen LogP contribution in [-0.2, 0) is 18.0 Å². The number of ether oxygens (including phenoxy) is 1. The van der Waals surface area contributed by atoms with Gasteiger partial charge in [0.05, 0.1) is 35.4 Å². The van der Waals surface area contributed by atoms with Gasteiger partial charge in [-0.3, -0.25) is 4.98 Å². The summed E-state index contributed by atoms with van der Waals surface area (Å²) in [5.74, 6) is -0.193. The number of halogens is 2. The van der Waals surface area contributed by atoms with Gasteiger partial charge in [0, 0.05) is 35.6 Å². The molecule has 0 saturated carbocycles. The Kier molecular flexibility index (Phi) is 5.99. The van der Waals surface area contributed by atoms with Gasteiger partial charge >= 0.3 is 0 Å². The lowest BCUT2D eigenvalue weighted by Gasteiger charge is -2.18. The van der Waals surface area contributed by atoms with E-state index in [0.29, 0.717) is 22.8 Å². The van der Waals surface area contributed by atoms with Crippen molar-refractivity contribution in [1.82, 2.24) is 15.0 Å².